The maximum Gasteiger partial charge on any atom is 0.194 e. The Morgan fingerprint density at radius 1 is 1.13 bits per heavy atom. The van der Waals surface area contributed by atoms with Gasteiger partial charge in [-0.2, -0.15) is 0 Å². The van der Waals surface area contributed by atoms with Crippen molar-refractivity contribution in [3.63, 3.8) is 0 Å². The quantitative estimate of drug-likeness (QED) is 0.342. The Balaban J connectivity index is 0.00000320. The maximum atomic E-state index is 13.1. The molecule has 2 N–H and O–H groups in total. The first-order chi connectivity index (χ1) is 14.1. The second kappa shape index (κ2) is 11.8. The van der Waals surface area contributed by atoms with E-state index >= 15 is 0 Å². The minimum Gasteiger partial charge on any atom is -0.504 e. The van der Waals surface area contributed by atoms with Gasteiger partial charge in [-0.1, -0.05) is 6.07 Å². The number of rotatable bonds is 6. The van der Waals surface area contributed by atoms with Crippen LogP contribution in [0.25, 0.3) is 0 Å². The van der Waals surface area contributed by atoms with E-state index in [1.54, 1.807) is 13.2 Å². The molecule has 2 aromatic carbocycles. The highest BCUT2D eigenvalue weighted by Gasteiger charge is 2.19. The van der Waals surface area contributed by atoms with Crippen molar-refractivity contribution in [3.05, 3.63) is 53.8 Å². The first kappa shape index (κ1) is 24.0. The second-order valence-corrected chi connectivity index (χ2v) is 6.94. The van der Waals surface area contributed by atoms with Crippen molar-refractivity contribution in [2.75, 3.05) is 51.3 Å². The summed E-state index contributed by atoms with van der Waals surface area (Å²) in [6.07, 6.45) is 0.765. The van der Waals surface area contributed by atoms with E-state index in [-0.39, 0.29) is 35.5 Å². The van der Waals surface area contributed by atoms with Crippen LogP contribution in [0, 0.1) is 5.82 Å². The van der Waals surface area contributed by atoms with Gasteiger partial charge in [-0.25, -0.2) is 4.39 Å². The number of methoxy groups -OCH3 is 1. The van der Waals surface area contributed by atoms with Crippen LogP contribution in [0.5, 0.6) is 11.5 Å². The van der Waals surface area contributed by atoms with Gasteiger partial charge in [0.1, 0.15) is 5.82 Å². The second-order valence-electron chi connectivity index (χ2n) is 6.94. The van der Waals surface area contributed by atoms with Crippen LogP contribution >= 0.6 is 24.0 Å². The number of phenolic OH excluding ortho intramolecular Hbond substituents is 1. The molecule has 1 aliphatic heterocycles. The third kappa shape index (κ3) is 6.38. The number of anilines is 1. The minimum atomic E-state index is -0.208. The molecule has 3 rings (SSSR count). The van der Waals surface area contributed by atoms with Gasteiger partial charge in [-0.05, 0) is 55.3 Å². The Morgan fingerprint density at radius 3 is 2.47 bits per heavy atom. The molecule has 6 nitrogen and oxygen atoms in total. The predicted octanol–water partition coefficient (Wildman–Crippen LogP) is 3.49. The average molecular weight is 528 g/mol. The van der Waals surface area contributed by atoms with Crippen molar-refractivity contribution >= 4 is 35.6 Å². The molecule has 1 saturated heterocycles. The number of phenols is 1. The largest absolute Gasteiger partial charge is 0.504 e. The molecule has 0 bridgehead atoms. The smallest absolute Gasteiger partial charge is 0.194 e. The molecule has 164 valence electrons. The van der Waals surface area contributed by atoms with Crippen LogP contribution in [0.15, 0.2) is 47.5 Å². The molecular formula is C22H30FIN4O2. The SMILES string of the molecule is CCNC(=NCCc1ccc(O)c(OC)c1)N1CCN(c2ccc(F)cc2)CC1.I. The van der Waals surface area contributed by atoms with E-state index in [1.165, 1.54) is 12.1 Å². The minimum absolute atomic E-state index is 0. The molecule has 0 atom stereocenters. The molecule has 0 aromatic heterocycles. The number of piperazine rings is 1. The fourth-order valence-electron chi connectivity index (χ4n) is 3.42. The van der Waals surface area contributed by atoms with Crippen LogP contribution in [0.2, 0.25) is 0 Å². The lowest BCUT2D eigenvalue weighted by Crippen LogP contribution is -2.52. The highest BCUT2D eigenvalue weighted by molar-refractivity contribution is 14.0. The number of nitrogens with one attached hydrogen (secondary N) is 1. The lowest BCUT2D eigenvalue weighted by molar-refractivity contribution is 0.372. The van der Waals surface area contributed by atoms with Gasteiger partial charge in [-0.15, -0.1) is 24.0 Å². The number of halogens is 2. The fraction of sp³-hybridized carbons (Fsp3) is 0.409. The van der Waals surface area contributed by atoms with Crippen molar-refractivity contribution in [2.24, 2.45) is 4.99 Å². The van der Waals surface area contributed by atoms with E-state index in [0.717, 1.165) is 56.4 Å². The first-order valence-electron chi connectivity index (χ1n) is 10.0. The van der Waals surface area contributed by atoms with E-state index in [4.69, 9.17) is 9.73 Å². The van der Waals surface area contributed by atoms with Gasteiger partial charge >= 0.3 is 0 Å². The van der Waals surface area contributed by atoms with Crippen LogP contribution in [0.1, 0.15) is 12.5 Å². The summed E-state index contributed by atoms with van der Waals surface area (Å²) in [5.41, 5.74) is 2.12. The van der Waals surface area contributed by atoms with Crippen molar-refractivity contribution in [2.45, 2.75) is 13.3 Å². The van der Waals surface area contributed by atoms with Crippen molar-refractivity contribution < 1.29 is 14.2 Å². The highest BCUT2D eigenvalue weighted by Crippen LogP contribution is 2.26. The number of hydrogen-bond donors (Lipinski definition) is 2. The van der Waals surface area contributed by atoms with Gasteiger partial charge in [0.05, 0.1) is 7.11 Å². The van der Waals surface area contributed by atoms with Gasteiger partial charge in [0.15, 0.2) is 17.5 Å². The molecule has 1 heterocycles. The number of guanidine groups is 1. The summed E-state index contributed by atoms with van der Waals surface area (Å²) >= 11 is 0. The van der Waals surface area contributed by atoms with Crippen LogP contribution in [-0.2, 0) is 6.42 Å². The lowest BCUT2D eigenvalue weighted by Gasteiger charge is -2.37. The number of ether oxygens (including phenoxy) is 1. The maximum absolute atomic E-state index is 13.1. The molecule has 0 unspecified atom stereocenters. The molecule has 8 heteroatoms. The van der Waals surface area contributed by atoms with Crippen LogP contribution in [-0.4, -0.2) is 62.3 Å². The molecule has 1 fully saturated rings. The third-order valence-corrected chi connectivity index (χ3v) is 5.01. The van der Waals surface area contributed by atoms with Crippen LogP contribution in [0.3, 0.4) is 0 Å². The number of nitrogens with zero attached hydrogens (tertiary/aromatic N) is 3. The summed E-state index contributed by atoms with van der Waals surface area (Å²) < 4.78 is 18.3. The zero-order chi connectivity index (χ0) is 20.6. The Kier molecular flexibility index (Phi) is 9.48. The Hall–Kier alpha value is -2.23. The van der Waals surface area contributed by atoms with Gasteiger partial charge in [0.25, 0.3) is 0 Å². The molecule has 0 spiro atoms. The van der Waals surface area contributed by atoms with Crippen molar-refractivity contribution in [1.29, 1.82) is 0 Å². The molecular weight excluding hydrogens is 498 g/mol. The Morgan fingerprint density at radius 2 is 1.83 bits per heavy atom. The number of aromatic hydroxyl groups is 1. The van der Waals surface area contributed by atoms with Gasteiger partial charge in [0, 0.05) is 45.0 Å². The summed E-state index contributed by atoms with van der Waals surface area (Å²) in [7, 11) is 1.55. The summed E-state index contributed by atoms with van der Waals surface area (Å²) in [5.74, 6) is 1.33. The van der Waals surface area contributed by atoms with E-state index < -0.39 is 0 Å². The van der Waals surface area contributed by atoms with Crippen molar-refractivity contribution in [1.82, 2.24) is 10.2 Å². The van der Waals surface area contributed by atoms with E-state index in [9.17, 15) is 9.50 Å². The number of benzene rings is 2. The Labute approximate surface area is 194 Å². The normalized spacial score (nSPS) is 14.3. The predicted molar refractivity (Wildman–Crippen MR) is 130 cm³/mol. The Bertz CT molecular complexity index is 824. The number of aliphatic imine (C=N–C) groups is 1. The zero-order valence-electron chi connectivity index (χ0n) is 17.5. The van der Waals surface area contributed by atoms with Gasteiger partial charge < -0.3 is 25.0 Å². The molecule has 2 aromatic rings. The highest BCUT2D eigenvalue weighted by atomic mass is 127. The molecule has 0 aliphatic carbocycles. The zero-order valence-corrected chi connectivity index (χ0v) is 19.8. The van der Waals surface area contributed by atoms with E-state index in [1.807, 2.05) is 24.3 Å². The summed E-state index contributed by atoms with van der Waals surface area (Å²) in [6.45, 7) is 6.97. The molecule has 0 radical (unpaired) electrons. The monoisotopic (exact) mass is 528 g/mol. The average Bonchev–Trinajstić information content (AvgIpc) is 2.75. The van der Waals surface area contributed by atoms with Crippen LogP contribution < -0.4 is 15.0 Å². The molecule has 0 amide bonds. The standard InChI is InChI=1S/C22H29FN4O2.HI/c1-3-24-22(25-11-10-17-4-9-20(28)21(16-17)29-2)27-14-12-26(13-15-27)19-7-5-18(23)6-8-19;/h4-9,16,28H,3,10-15H2,1-2H3,(H,24,25);1H. The molecule has 1 aliphatic rings. The van der Waals surface area contributed by atoms with Crippen molar-refractivity contribution in [3.8, 4) is 11.5 Å². The van der Waals surface area contributed by atoms with Gasteiger partial charge in [0.2, 0.25) is 0 Å². The summed E-state index contributed by atoms with van der Waals surface area (Å²) in [5, 5.41) is 13.1. The summed E-state index contributed by atoms with van der Waals surface area (Å²) in [6, 6.07) is 12.1. The van der Waals surface area contributed by atoms with E-state index in [0.29, 0.717) is 12.3 Å². The van der Waals surface area contributed by atoms with Gasteiger partial charge in [-0.3, -0.25) is 4.99 Å². The molecule has 30 heavy (non-hydrogen) atoms. The first-order valence-corrected chi connectivity index (χ1v) is 10.0. The molecule has 0 saturated carbocycles. The summed E-state index contributed by atoms with van der Waals surface area (Å²) in [4.78, 5) is 9.31. The van der Waals surface area contributed by atoms with Crippen LogP contribution in [0.4, 0.5) is 10.1 Å². The fourth-order valence-corrected chi connectivity index (χ4v) is 3.42. The number of hydrogen-bond acceptors (Lipinski definition) is 4. The van der Waals surface area contributed by atoms with E-state index in [2.05, 4.69) is 22.0 Å². The lowest BCUT2D eigenvalue weighted by atomic mass is 10.1. The topological polar surface area (TPSA) is 60.3 Å². The third-order valence-electron chi connectivity index (χ3n) is 5.01.